The second-order valence-electron chi connectivity index (χ2n) is 3.76. The van der Waals surface area contributed by atoms with E-state index in [9.17, 15) is 4.79 Å². The number of carbonyl (C=O) groups excluding carboxylic acids is 1. The smallest absolute Gasteiger partial charge is 0.273 e. The predicted molar refractivity (Wildman–Crippen MR) is 57.4 cm³/mol. The largest absolute Gasteiger partial charge is 0.335 e. The van der Waals surface area contributed by atoms with E-state index in [2.05, 4.69) is 15.3 Å². The van der Waals surface area contributed by atoms with E-state index in [1.54, 1.807) is 0 Å². The van der Waals surface area contributed by atoms with Gasteiger partial charge >= 0.3 is 0 Å². The number of carbonyl (C=O) groups is 1. The lowest BCUT2D eigenvalue weighted by Crippen LogP contribution is -2.06. The van der Waals surface area contributed by atoms with E-state index in [1.165, 1.54) is 27.3 Å². The lowest BCUT2D eigenvalue weighted by molar-refractivity contribution is -0.117. The number of thioether (sulfide) groups is 1. The maximum Gasteiger partial charge on any atom is 0.273 e. The summed E-state index contributed by atoms with van der Waals surface area (Å²) in [6.07, 6.45) is 3.52. The molecule has 1 aliphatic carbocycles. The summed E-state index contributed by atoms with van der Waals surface area (Å²) >= 11 is 1.35. The number of ketones is 1. The molecular formula is C8H10N6OS. The molecule has 0 radical (unpaired) electrons. The Labute approximate surface area is 95.0 Å². The normalized spacial score (nSPS) is 15.8. The molecule has 2 aromatic heterocycles. The summed E-state index contributed by atoms with van der Waals surface area (Å²) in [5.74, 6) is 7.03. The van der Waals surface area contributed by atoms with E-state index in [0.29, 0.717) is 16.7 Å². The molecule has 0 aromatic carbocycles. The molecule has 0 atom stereocenters. The molecule has 1 saturated carbocycles. The summed E-state index contributed by atoms with van der Waals surface area (Å²) in [4.78, 5) is 11.5. The average molecular weight is 238 g/mol. The van der Waals surface area contributed by atoms with Crippen molar-refractivity contribution >= 4 is 23.3 Å². The lowest BCUT2D eigenvalue weighted by Gasteiger charge is -1.95. The minimum Gasteiger partial charge on any atom is -0.335 e. The zero-order valence-electron chi connectivity index (χ0n) is 8.41. The molecule has 2 heterocycles. The van der Waals surface area contributed by atoms with E-state index in [0.717, 1.165) is 12.8 Å². The first kappa shape index (κ1) is 9.64. The second kappa shape index (κ2) is 3.48. The van der Waals surface area contributed by atoms with Crippen LogP contribution in [0.2, 0.25) is 0 Å². The number of Topliss-reactive ketones (excluding diaryl/α,β-unsaturated/α-hetero) is 1. The first-order valence-electron chi connectivity index (χ1n) is 4.95. The number of nitrogen functional groups attached to an aromatic ring is 1. The maximum absolute atomic E-state index is 11.5. The van der Waals surface area contributed by atoms with Crippen molar-refractivity contribution in [1.29, 1.82) is 0 Å². The van der Waals surface area contributed by atoms with Gasteiger partial charge in [-0.25, -0.2) is 4.68 Å². The minimum atomic E-state index is 0.281. The molecule has 8 heteroatoms. The fourth-order valence-corrected chi connectivity index (χ4v) is 2.28. The number of nitrogens with two attached hydrogens (primary N) is 1. The molecule has 0 amide bonds. The van der Waals surface area contributed by atoms with E-state index < -0.39 is 0 Å². The monoisotopic (exact) mass is 238 g/mol. The molecule has 2 N–H and O–H groups in total. The molecule has 0 unspecified atom stereocenters. The predicted octanol–water partition coefficient (Wildman–Crippen LogP) is -0.289. The van der Waals surface area contributed by atoms with Gasteiger partial charge in [-0.2, -0.15) is 9.61 Å². The van der Waals surface area contributed by atoms with Gasteiger partial charge in [0.1, 0.15) is 12.1 Å². The van der Waals surface area contributed by atoms with Gasteiger partial charge in [0.25, 0.3) is 5.78 Å². The fourth-order valence-electron chi connectivity index (χ4n) is 1.43. The van der Waals surface area contributed by atoms with Crippen LogP contribution in [0.5, 0.6) is 0 Å². The molecule has 0 aliphatic heterocycles. The van der Waals surface area contributed by atoms with Crippen LogP contribution in [-0.2, 0) is 4.79 Å². The van der Waals surface area contributed by atoms with Crippen LogP contribution in [0.25, 0.3) is 5.78 Å². The van der Waals surface area contributed by atoms with Crippen molar-refractivity contribution < 1.29 is 4.79 Å². The Morgan fingerprint density at radius 1 is 1.56 bits per heavy atom. The number of hydrogen-bond donors (Lipinski definition) is 1. The summed E-state index contributed by atoms with van der Waals surface area (Å²) in [6.45, 7) is 0. The Morgan fingerprint density at radius 3 is 3.12 bits per heavy atom. The molecule has 84 valence electrons. The van der Waals surface area contributed by atoms with E-state index in [-0.39, 0.29) is 11.7 Å². The van der Waals surface area contributed by atoms with Crippen molar-refractivity contribution in [2.75, 3.05) is 11.6 Å². The summed E-state index contributed by atoms with van der Waals surface area (Å²) < 4.78 is 2.82. The first-order valence-corrected chi connectivity index (χ1v) is 5.93. The molecular weight excluding hydrogens is 228 g/mol. The second-order valence-corrected chi connectivity index (χ2v) is 4.70. The number of fused-ring (bicyclic) bond motifs is 1. The Morgan fingerprint density at radius 2 is 2.38 bits per heavy atom. The van der Waals surface area contributed by atoms with Crippen LogP contribution >= 0.6 is 11.8 Å². The van der Waals surface area contributed by atoms with Crippen molar-refractivity contribution in [2.24, 2.45) is 5.92 Å². The Hall–Kier alpha value is -1.57. The molecule has 3 rings (SSSR count). The highest BCUT2D eigenvalue weighted by atomic mass is 32.2. The van der Waals surface area contributed by atoms with Crippen molar-refractivity contribution in [1.82, 2.24) is 24.5 Å². The van der Waals surface area contributed by atoms with Crippen molar-refractivity contribution in [3.63, 3.8) is 0 Å². The van der Waals surface area contributed by atoms with Crippen molar-refractivity contribution in [3.8, 4) is 0 Å². The molecule has 2 aromatic rings. The highest BCUT2D eigenvalue weighted by Crippen LogP contribution is 2.31. The van der Waals surface area contributed by atoms with Crippen LogP contribution in [0.4, 0.5) is 0 Å². The minimum absolute atomic E-state index is 0.281. The summed E-state index contributed by atoms with van der Waals surface area (Å²) in [5, 5.41) is 12.4. The molecule has 1 fully saturated rings. The van der Waals surface area contributed by atoms with Crippen molar-refractivity contribution in [2.45, 2.75) is 18.0 Å². The van der Waals surface area contributed by atoms with Gasteiger partial charge in [-0.3, -0.25) is 4.79 Å². The van der Waals surface area contributed by atoms with Gasteiger partial charge in [0.05, 0.1) is 5.75 Å². The number of rotatable bonds is 4. The van der Waals surface area contributed by atoms with Crippen LogP contribution in [0.1, 0.15) is 12.8 Å². The van der Waals surface area contributed by atoms with Gasteiger partial charge in [0, 0.05) is 5.92 Å². The third-order valence-corrected chi connectivity index (χ3v) is 3.44. The van der Waals surface area contributed by atoms with Crippen LogP contribution < -0.4 is 5.84 Å². The van der Waals surface area contributed by atoms with Crippen LogP contribution in [0, 0.1) is 5.92 Å². The standard InChI is InChI=1S/C8H10N6OS/c9-13-4-10-14-7(13)11-12-8(14)16-3-6(15)5-1-2-5/h4-5H,1-3,9H2. The number of aromatic nitrogens is 5. The maximum atomic E-state index is 11.5. The molecule has 1 aliphatic rings. The molecule has 0 saturated heterocycles. The van der Waals surface area contributed by atoms with E-state index in [1.807, 2.05) is 0 Å². The summed E-state index contributed by atoms with van der Waals surface area (Å²) in [7, 11) is 0. The SMILES string of the molecule is Nn1cnn2c(SCC(=O)C3CC3)nnc12. The average Bonchev–Trinajstić information content (AvgIpc) is 2.95. The summed E-state index contributed by atoms with van der Waals surface area (Å²) in [6, 6.07) is 0. The van der Waals surface area contributed by atoms with Gasteiger partial charge in [0.15, 0.2) is 0 Å². The van der Waals surface area contributed by atoms with Gasteiger partial charge in [0.2, 0.25) is 5.16 Å². The molecule has 0 bridgehead atoms. The topological polar surface area (TPSA) is 91.1 Å². The van der Waals surface area contributed by atoms with Gasteiger partial charge in [-0.1, -0.05) is 11.8 Å². The molecule has 16 heavy (non-hydrogen) atoms. The summed E-state index contributed by atoms with van der Waals surface area (Å²) in [5.41, 5.74) is 0. The van der Waals surface area contributed by atoms with E-state index >= 15 is 0 Å². The zero-order valence-corrected chi connectivity index (χ0v) is 9.22. The third kappa shape index (κ3) is 1.54. The Balaban J connectivity index is 1.75. The molecule has 7 nitrogen and oxygen atoms in total. The lowest BCUT2D eigenvalue weighted by atomic mass is 10.3. The van der Waals surface area contributed by atoms with Crippen LogP contribution in [0.15, 0.2) is 11.5 Å². The third-order valence-electron chi connectivity index (χ3n) is 2.49. The fraction of sp³-hybridized carbons (Fsp3) is 0.500. The quantitative estimate of drug-likeness (QED) is 0.581. The highest BCUT2D eigenvalue weighted by molar-refractivity contribution is 7.99. The first-order chi connectivity index (χ1) is 7.75. The van der Waals surface area contributed by atoms with E-state index in [4.69, 9.17) is 5.84 Å². The van der Waals surface area contributed by atoms with Gasteiger partial charge in [-0.15, -0.1) is 10.2 Å². The van der Waals surface area contributed by atoms with Crippen molar-refractivity contribution in [3.05, 3.63) is 6.33 Å². The highest BCUT2D eigenvalue weighted by Gasteiger charge is 2.29. The van der Waals surface area contributed by atoms with Crippen LogP contribution in [0.3, 0.4) is 0 Å². The van der Waals surface area contributed by atoms with Crippen LogP contribution in [-0.4, -0.2) is 36.0 Å². The number of hydrogen-bond acceptors (Lipinski definition) is 6. The van der Waals surface area contributed by atoms with Gasteiger partial charge in [-0.05, 0) is 12.8 Å². The number of nitrogens with zero attached hydrogens (tertiary/aromatic N) is 5. The zero-order chi connectivity index (χ0) is 11.1. The Kier molecular flexibility index (Phi) is 2.10. The molecule has 0 spiro atoms. The Bertz CT molecular complexity index is 542. The van der Waals surface area contributed by atoms with Gasteiger partial charge < -0.3 is 5.84 Å².